The molecule has 2 unspecified atom stereocenters. The average molecular weight is 283 g/mol. The van der Waals surface area contributed by atoms with Crippen LogP contribution < -0.4 is 10.2 Å². The van der Waals surface area contributed by atoms with Gasteiger partial charge in [-0.2, -0.15) is 0 Å². The van der Waals surface area contributed by atoms with E-state index in [4.69, 9.17) is 0 Å². The highest BCUT2D eigenvalue weighted by Gasteiger charge is 2.18. The molecular weight excluding hydrogens is 264 g/mol. The molecule has 1 aromatic carbocycles. The summed E-state index contributed by atoms with van der Waals surface area (Å²) in [6.45, 7) is 7.89. The molecule has 88 valence electrons. The van der Waals surface area contributed by atoms with Gasteiger partial charge in [-0.1, -0.05) is 28.9 Å². The van der Waals surface area contributed by atoms with Crippen LogP contribution in [0.25, 0.3) is 0 Å². The van der Waals surface area contributed by atoms with Gasteiger partial charge in [-0.15, -0.1) is 0 Å². The zero-order valence-electron chi connectivity index (χ0n) is 9.91. The van der Waals surface area contributed by atoms with E-state index in [1.807, 2.05) is 0 Å². The van der Waals surface area contributed by atoms with Crippen LogP contribution >= 0.6 is 15.9 Å². The molecule has 1 aliphatic heterocycles. The third-order valence-corrected chi connectivity index (χ3v) is 3.51. The van der Waals surface area contributed by atoms with E-state index in [9.17, 15) is 0 Å². The Morgan fingerprint density at radius 1 is 1.31 bits per heavy atom. The summed E-state index contributed by atoms with van der Waals surface area (Å²) in [7, 11) is 0. The van der Waals surface area contributed by atoms with E-state index in [1.54, 1.807) is 0 Å². The molecule has 0 saturated carbocycles. The quantitative estimate of drug-likeness (QED) is 0.852. The first-order chi connectivity index (χ1) is 7.65. The minimum absolute atomic E-state index is 0.559. The van der Waals surface area contributed by atoms with Crippen LogP contribution in [0.15, 0.2) is 28.7 Å². The zero-order valence-corrected chi connectivity index (χ0v) is 11.5. The first-order valence-corrected chi connectivity index (χ1v) is 6.68. The van der Waals surface area contributed by atoms with E-state index in [0.29, 0.717) is 12.0 Å². The lowest BCUT2D eigenvalue weighted by Crippen LogP contribution is -2.35. The molecule has 2 atom stereocenters. The van der Waals surface area contributed by atoms with Crippen molar-refractivity contribution in [1.82, 2.24) is 5.32 Å². The van der Waals surface area contributed by atoms with E-state index in [1.165, 1.54) is 5.69 Å². The van der Waals surface area contributed by atoms with E-state index in [2.05, 4.69) is 64.3 Å². The molecule has 1 aromatic rings. The van der Waals surface area contributed by atoms with E-state index in [-0.39, 0.29) is 0 Å². The maximum absolute atomic E-state index is 3.56. The second-order valence-corrected chi connectivity index (χ2v) is 5.71. The summed E-state index contributed by atoms with van der Waals surface area (Å²) in [5.74, 6) is 0.698. The van der Waals surface area contributed by atoms with Crippen LogP contribution in [-0.4, -0.2) is 25.7 Å². The standard InChI is InChI=1S/C13H19BrN2/c1-10-7-15-11(2)9-16(8-10)13-5-3-4-12(14)6-13/h3-6,10-11,15H,7-9H2,1-2H3. The molecular formula is C13H19BrN2. The van der Waals surface area contributed by atoms with Crippen molar-refractivity contribution in [2.24, 2.45) is 5.92 Å². The minimum Gasteiger partial charge on any atom is -0.370 e. The molecule has 0 radical (unpaired) electrons. The molecule has 16 heavy (non-hydrogen) atoms. The van der Waals surface area contributed by atoms with Gasteiger partial charge in [-0.3, -0.25) is 0 Å². The van der Waals surface area contributed by atoms with Crippen LogP contribution in [-0.2, 0) is 0 Å². The summed E-state index contributed by atoms with van der Waals surface area (Å²) >= 11 is 3.54. The number of nitrogens with zero attached hydrogens (tertiary/aromatic N) is 1. The summed E-state index contributed by atoms with van der Waals surface area (Å²) in [4.78, 5) is 2.47. The summed E-state index contributed by atoms with van der Waals surface area (Å²) in [5.41, 5.74) is 1.32. The molecule has 1 saturated heterocycles. The number of hydrogen-bond acceptors (Lipinski definition) is 2. The Balaban J connectivity index is 2.18. The fourth-order valence-electron chi connectivity index (χ4n) is 2.20. The largest absolute Gasteiger partial charge is 0.370 e. The highest BCUT2D eigenvalue weighted by molar-refractivity contribution is 9.10. The van der Waals surface area contributed by atoms with Crippen LogP contribution in [0.2, 0.25) is 0 Å². The molecule has 0 bridgehead atoms. The second-order valence-electron chi connectivity index (χ2n) is 4.80. The topological polar surface area (TPSA) is 15.3 Å². The molecule has 0 aliphatic carbocycles. The molecule has 0 amide bonds. The van der Waals surface area contributed by atoms with Gasteiger partial charge in [0.2, 0.25) is 0 Å². The van der Waals surface area contributed by atoms with Crippen molar-refractivity contribution in [3.8, 4) is 0 Å². The maximum atomic E-state index is 3.56. The Labute approximate surface area is 106 Å². The Bertz CT molecular complexity index is 342. The van der Waals surface area contributed by atoms with E-state index < -0.39 is 0 Å². The third kappa shape index (κ3) is 2.98. The molecule has 2 nitrogen and oxygen atoms in total. The number of halogens is 1. The van der Waals surface area contributed by atoms with Gasteiger partial charge in [-0.05, 0) is 37.6 Å². The number of benzene rings is 1. The van der Waals surface area contributed by atoms with Crippen molar-refractivity contribution in [2.75, 3.05) is 24.5 Å². The fraction of sp³-hybridized carbons (Fsp3) is 0.538. The smallest absolute Gasteiger partial charge is 0.0378 e. The summed E-state index contributed by atoms with van der Waals surface area (Å²) in [6, 6.07) is 9.13. The van der Waals surface area contributed by atoms with Gasteiger partial charge in [0.05, 0.1) is 0 Å². The van der Waals surface area contributed by atoms with E-state index in [0.717, 1.165) is 24.1 Å². The number of hydrogen-bond donors (Lipinski definition) is 1. The van der Waals surface area contributed by atoms with Crippen LogP contribution in [0.5, 0.6) is 0 Å². The van der Waals surface area contributed by atoms with Crippen molar-refractivity contribution in [1.29, 1.82) is 0 Å². The number of anilines is 1. The lowest BCUT2D eigenvalue weighted by atomic mass is 10.1. The first kappa shape index (κ1) is 11.9. The monoisotopic (exact) mass is 282 g/mol. The third-order valence-electron chi connectivity index (χ3n) is 3.01. The van der Waals surface area contributed by atoms with Crippen LogP contribution in [0.4, 0.5) is 5.69 Å². The molecule has 3 heteroatoms. The highest BCUT2D eigenvalue weighted by Crippen LogP contribution is 2.22. The molecule has 1 N–H and O–H groups in total. The van der Waals surface area contributed by atoms with Crippen molar-refractivity contribution in [3.63, 3.8) is 0 Å². The molecule has 2 rings (SSSR count). The molecule has 1 fully saturated rings. The second kappa shape index (κ2) is 5.19. The molecule has 1 aliphatic rings. The SMILES string of the molecule is CC1CNC(C)CN(c2cccc(Br)c2)C1. The molecule has 1 heterocycles. The van der Waals surface area contributed by atoms with Crippen LogP contribution in [0.3, 0.4) is 0 Å². The molecule has 0 aromatic heterocycles. The summed E-state index contributed by atoms with van der Waals surface area (Å²) in [6.07, 6.45) is 0. The van der Waals surface area contributed by atoms with Crippen molar-refractivity contribution >= 4 is 21.6 Å². The van der Waals surface area contributed by atoms with Gasteiger partial charge >= 0.3 is 0 Å². The van der Waals surface area contributed by atoms with Crippen molar-refractivity contribution in [2.45, 2.75) is 19.9 Å². The van der Waals surface area contributed by atoms with Crippen molar-refractivity contribution < 1.29 is 0 Å². The van der Waals surface area contributed by atoms with Gasteiger partial charge in [0.1, 0.15) is 0 Å². The zero-order chi connectivity index (χ0) is 11.5. The normalized spacial score (nSPS) is 26.6. The maximum Gasteiger partial charge on any atom is 0.0378 e. The lowest BCUT2D eigenvalue weighted by Gasteiger charge is -2.26. The van der Waals surface area contributed by atoms with Crippen LogP contribution in [0.1, 0.15) is 13.8 Å². The number of rotatable bonds is 1. The molecule has 0 spiro atoms. The lowest BCUT2D eigenvalue weighted by molar-refractivity contribution is 0.525. The fourth-order valence-corrected chi connectivity index (χ4v) is 2.58. The number of nitrogens with one attached hydrogen (secondary N) is 1. The Morgan fingerprint density at radius 3 is 2.88 bits per heavy atom. The van der Waals surface area contributed by atoms with Crippen molar-refractivity contribution in [3.05, 3.63) is 28.7 Å². The minimum atomic E-state index is 0.559. The predicted octanol–water partition coefficient (Wildman–Crippen LogP) is 2.88. The Kier molecular flexibility index (Phi) is 3.87. The van der Waals surface area contributed by atoms with E-state index >= 15 is 0 Å². The van der Waals surface area contributed by atoms with Gasteiger partial charge in [0, 0.05) is 29.3 Å². The van der Waals surface area contributed by atoms with Gasteiger partial charge < -0.3 is 10.2 Å². The van der Waals surface area contributed by atoms with Gasteiger partial charge in [0.15, 0.2) is 0 Å². The van der Waals surface area contributed by atoms with Gasteiger partial charge in [0.25, 0.3) is 0 Å². The first-order valence-electron chi connectivity index (χ1n) is 5.89. The average Bonchev–Trinajstić information content (AvgIpc) is 2.41. The highest BCUT2D eigenvalue weighted by atomic mass is 79.9. The summed E-state index contributed by atoms with van der Waals surface area (Å²) < 4.78 is 1.16. The Hall–Kier alpha value is -0.540. The van der Waals surface area contributed by atoms with Crippen LogP contribution in [0, 0.1) is 5.92 Å². The van der Waals surface area contributed by atoms with Gasteiger partial charge in [-0.25, -0.2) is 0 Å². The predicted molar refractivity (Wildman–Crippen MR) is 73.0 cm³/mol. The summed E-state index contributed by atoms with van der Waals surface area (Å²) in [5, 5.41) is 3.56. The Morgan fingerprint density at radius 2 is 2.12 bits per heavy atom.